The number of benzene rings is 2. The second-order valence-corrected chi connectivity index (χ2v) is 9.87. The third-order valence-electron chi connectivity index (χ3n) is 4.36. The number of carbonyl (C=O) groups is 1. The Hall–Kier alpha value is -1.31. The Morgan fingerprint density at radius 3 is 2.21 bits per heavy atom. The molecule has 28 heavy (non-hydrogen) atoms. The molecule has 1 N–H and O–H groups in total. The van der Waals surface area contributed by atoms with E-state index in [4.69, 9.17) is 34.8 Å². The Balaban J connectivity index is 2.33. The number of halogens is 3. The van der Waals surface area contributed by atoms with E-state index in [1.54, 1.807) is 39.0 Å². The molecule has 9 heteroatoms. The zero-order valence-corrected chi connectivity index (χ0v) is 18.9. The fraction of sp³-hybridized carbons (Fsp3) is 0.316. The van der Waals surface area contributed by atoms with Gasteiger partial charge in [0.1, 0.15) is 0 Å². The molecule has 152 valence electrons. The van der Waals surface area contributed by atoms with Gasteiger partial charge in [-0.15, -0.1) is 0 Å². The monoisotopic (exact) mass is 462 g/mol. The molecular weight excluding hydrogens is 443 g/mol. The fourth-order valence-corrected chi connectivity index (χ4v) is 4.66. The van der Waals surface area contributed by atoms with E-state index in [-0.39, 0.29) is 21.5 Å². The molecule has 0 fully saturated rings. The van der Waals surface area contributed by atoms with Crippen LogP contribution in [-0.2, 0) is 10.0 Å². The molecule has 5 nitrogen and oxygen atoms in total. The summed E-state index contributed by atoms with van der Waals surface area (Å²) in [4.78, 5) is 12.7. The molecule has 0 saturated carbocycles. The highest BCUT2D eigenvalue weighted by atomic mass is 35.5. The first-order valence-electron chi connectivity index (χ1n) is 8.48. The van der Waals surface area contributed by atoms with Crippen molar-refractivity contribution in [1.29, 1.82) is 0 Å². The van der Waals surface area contributed by atoms with E-state index in [2.05, 4.69) is 5.32 Å². The van der Waals surface area contributed by atoms with E-state index in [1.807, 2.05) is 0 Å². The number of sulfonamides is 1. The Morgan fingerprint density at radius 2 is 1.64 bits per heavy atom. The summed E-state index contributed by atoms with van der Waals surface area (Å²) >= 11 is 18.2. The number of nitrogens with one attached hydrogen (secondary N) is 1. The highest BCUT2D eigenvalue weighted by molar-refractivity contribution is 7.89. The lowest BCUT2D eigenvalue weighted by Crippen LogP contribution is -2.33. The molecule has 0 bridgehead atoms. The lowest BCUT2D eigenvalue weighted by Gasteiger charge is -2.21. The molecule has 0 aliphatic carbocycles. The third-order valence-corrected chi connectivity index (χ3v) is 7.28. The smallest absolute Gasteiger partial charge is 0.253 e. The largest absolute Gasteiger partial charge is 0.345 e. The molecule has 2 rings (SSSR count). The first-order valence-corrected chi connectivity index (χ1v) is 11.1. The maximum absolute atomic E-state index is 12.7. The second-order valence-electron chi connectivity index (χ2n) is 6.62. The van der Waals surface area contributed by atoms with Crippen molar-refractivity contribution in [3.63, 3.8) is 0 Å². The van der Waals surface area contributed by atoms with E-state index in [9.17, 15) is 13.2 Å². The average molecular weight is 464 g/mol. The number of nitrogens with zero attached hydrogens (tertiary/aromatic N) is 1. The summed E-state index contributed by atoms with van der Waals surface area (Å²) in [5, 5.41) is 3.84. The molecule has 0 aliphatic heterocycles. The molecule has 0 radical (unpaired) electrons. The predicted molar refractivity (Wildman–Crippen MR) is 114 cm³/mol. The highest BCUT2D eigenvalue weighted by Gasteiger charge is 2.25. The van der Waals surface area contributed by atoms with Crippen LogP contribution in [0.3, 0.4) is 0 Å². The summed E-state index contributed by atoms with van der Waals surface area (Å²) in [6, 6.07) is 8.37. The van der Waals surface area contributed by atoms with Crippen molar-refractivity contribution in [1.82, 2.24) is 9.62 Å². The lowest BCUT2D eigenvalue weighted by atomic mass is 10.1. The SMILES string of the molecule is CC(NC(=O)c1cc(S(=O)(=O)N(C)C(C)C)ccc1Cl)c1ccc(Cl)cc1Cl. The van der Waals surface area contributed by atoms with E-state index >= 15 is 0 Å². The Labute approximate surface area is 180 Å². The van der Waals surface area contributed by atoms with Gasteiger partial charge >= 0.3 is 0 Å². The minimum absolute atomic E-state index is 0.00423. The van der Waals surface area contributed by atoms with E-state index in [0.717, 1.165) is 0 Å². The quantitative estimate of drug-likeness (QED) is 0.643. The van der Waals surface area contributed by atoms with Gasteiger partial charge in [0.15, 0.2) is 0 Å². The van der Waals surface area contributed by atoms with Crippen molar-refractivity contribution in [3.05, 3.63) is 62.6 Å². The minimum Gasteiger partial charge on any atom is -0.345 e. The Kier molecular flexibility index (Phi) is 7.39. The van der Waals surface area contributed by atoms with Crippen LogP contribution in [0.4, 0.5) is 0 Å². The number of hydrogen-bond acceptors (Lipinski definition) is 3. The molecule has 0 heterocycles. The summed E-state index contributed by atoms with van der Waals surface area (Å²) in [6.45, 7) is 5.28. The van der Waals surface area contributed by atoms with Crippen LogP contribution >= 0.6 is 34.8 Å². The van der Waals surface area contributed by atoms with E-state index in [0.29, 0.717) is 15.6 Å². The van der Waals surface area contributed by atoms with Crippen molar-refractivity contribution >= 4 is 50.7 Å². The van der Waals surface area contributed by atoms with Gasteiger partial charge in [-0.3, -0.25) is 4.79 Å². The first-order chi connectivity index (χ1) is 12.9. The summed E-state index contributed by atoms with van der Waals surface area (Å²) in [6.07, 6.45) is 0. The van der Waals surface area contributed by atoms with Crippen LogP contribution < -0.4 is 5.32 Å². The summed E-state index contributed by atoms with van der Waals surface area (Å²) < 4.78 is 26.6. The van der Waals surface area contributed by atoms with Crippen LogP contribution in [0.25, 0.3) is 0 Å². The van der Waals surface area contributed by atoms with Gasteiger partial charge in [-0.2, -0.15) is 4.31 Å². The van der Waals surface area contributed by atoms with Crippen molar-refractivity contribution in [2.75, 3.05) is 7.05 Å². The van der Waals surface area contributed by atoms with E-state index in [1.165, 1.54) is 29.6 Å². The van der Waals surface area contributed by atoms with Crippen LogP contribution in [0.15, 0.2) is 41.3 Å². The van der Waals surface area contributed by atoms with Crippen LogP contribution in [0, 0.1) is 0 Å². The molecule has 0 aliphatic rings. The predicted octanol–water partition coefficient (Wildman–Crippen LogP) is 5.17. The average Bonchev–Trinajstić information content (AvgIpc) is 2.60. The molecule has 2 aromatic carbocycles. The minimum atomic E-state index is -3.74. The van der Waals surface area contributed by atoms with Gasteiger partial charge in [0.25, 0.3) is 5.91 Å². The molecule has 2 aromatic rings. The standard InChI is InChI=1S/C19H21Cl3N2O3S/c1-11(2)24(4)28(26,27)14-6-8-17(21)16(10-14)19(25)23-12(3)15-7-5-13(20)9-18(15)22/h5-12H,1-4H3,(H,23,25). The van der Waals surface area contributed by atoms with Gasteiger partial charge < -0.3 is 5.32 Å². The van der Waals surface area contributed by atoms with Gasteiger partial charge in [-0.25, -0.2) is 8.42 Å². The highest BCUT2D eigenvalue weighted by Crippen LogP contribution is 2.28. The van der Waals surface area contributed by atoms with Crippen LogP contribution in [0.1, 0.15) is 42.7 Å². The van der Waals surface area contributed by atoms with Crippen molar-refractivity contribution in [3.8, 4) is 0 Å². The van der Waals surface area contributed by atoms with Crippen molar-refractivity contribution < 1.29 is 13.2 Å². The van der Waals surface area contributed by atoms with Gasteiger partial charge in [-0.1, -0.05) is 40.9 Å². The van der Waals surface area contributed by atoms with Crippen molar-refractivity contribution in [2.45, 2.75) is 37.8 Å². The molecule has 1 amide bonds. The van der Waals surface area contributed by atoms with Crippen LogP contribution in [0.2, 0.25) is 15.1 Å². The number of hydrogen-bond donors (Lipinski definition) is 1. The van der Waals surface area contributed by atoms with Gasteiger partial charge in [-0.05, 0) is 56.7 Å². The molecule has 1 unspecified atom stereocenters. The molecule has 0 aromatic heterocycles. The molecular formula is C19H21Cl3N2O3S. The molecule has 0 spiro atoms. The Bertz CT molecular complexity index is 994. The second kappa shape index (κ2) is 9.01. The molecule has 1 atom stereocenters. The zero-order chi connectivity index (χ0) is 21.2. The number of carbonyl (C=O) groups excluding carboxylic acids is 1. The normalized spacial score (nSPS) is 13.0. The van der Waals surface area contributed by atoms with E-state index < -0.39 is 22.0 Å². The number of amides is 1. The van der Waals surface area contributed by atoms with Crippen molar-refractivity contribution in [2.24, 2.45) is 0 Å². The summed E-state index contributed by atoms with van der Waals surface area (Å²) in [5.41, 5.74) is 0.746. The maximum atomic E-state index is 12.7. The summed E-state index contributed by atoms with van der Waals surface area (Å²) in [7, 11) is -2.26. The zero-order valence-electron chi connectivity index (χ0n) is 15.8. The fourth-order valence-electron chi connectivity index (χ4n) is 2.49. The lowest BCUT2D eigenvalue weighted by molar-refractivity contribution is 0.0940. The third kappa shape index (κ3) is 4.99. The molecule has 0 saturated heterocycles. The van der Waals surface area contributed by atoms with Crippen LogP contribution in [-0.4, -0.2) is 31.7 Å². The van der Waals surface area contributed by atoms with Gasteiger partial charge in [0.2, 0.25) is 10.0 Å². The topological polar surface area (TPSA) is 66.5 Å². The summed E-state index contributed by atoms with van der Waals surface area (Å²) in [5.74, 6) is -0.507. The Morgan fingerprint density at radius 1 is 1.00 bits per heavy atom. The van der Waals surface area contributed by atoms with Crippen LogP contribution in [0.5, 0.6) is 0 Å². The first kappa shape index (κ1) is 23.0. The van der Waals surface area contributed by atoms with Gasteiger partial charge in [0.05, 0.1) is 21.5 Å². The van der Waals surface area contributed by atoms with Gasteiger partial charge in [0, 0.05) is 23.1 Å². The maximum Gasteiger partial charge on any atom is 0.253 e. The number of rotatable bonds is 6.